The van der Waals surface area contributed by atoms with Crippen molar-refractivity contribution in [3.63, 3.8) is 0 Å². The van der Waals surface area contributed by atoms with Crippen molar-refractivity contribution in [3.8, 4) is 5.75 Å². The van der Waals surface area contributed by atoms with E-state index in [1.807, 2.05) is 44.3 Å². The molecule has 116 valence electrons. The molecule has 0 aromatic heterocycles. The lowest BCUT2D eigenvalue weighted by atomic mass is 10.1. The molecule has 0 heterocycles. The average molecular weight is 299 g/mol. The summed E-state index contributed by atoms with van der Waals surface area (Å²) in [5.41, 5.74) is 2.52. The molecule has 2 aromatic carbocycles. The summed E-state index contributed by atoms with van der Waals surface area (Å²) in [6, 6.07) is 15.0. The van der Waals surface area contributed by atoms with Crippen LogP contribution >= 0.6 is 0 Å². The second-order valence-corrected chi connectivity index (χ2v) is 5.40. The SMILES string of the molecule is Cc1ccc(OCCN(C)Cc2cccc(C(=O)O)c2)cc1. The molecule has 0 aliphatic carbocycles. The highest BCUT2D eigenvalue weighted by molar-refractivity contribution is 5.87. The minimum absolute atomic E-state index is 0.321. The van der Waals surface area contributed by atoms with Crippen molar-refractivity contribution in [3.05, 3.63) is 65.2 Å². The molecule has 0 bridgehead atoms. The zero-order chi connectivity index (χ0) is 15.9. The Morgan fingerprint density at radius 3 is 2.59 bits per heavy atom. The second-order valence-electron chi connectivity index (χ2n) is 5.40. The molecule has 0 atom stereocenters. The number of benzene rings is 2. The van der Waals surface area contributed by atoms with E-state index in [1.165, 1.54) is 5.56 Å². The maximum atomic E-state index is 11.0. The van der Waals surface area contributed by atoms with Crippen molar-refractivity contribution < 1.29 is 14.6 Å². The fourth-order valence-electron chi connectivity index (χ4n) is 2.15. The number of likely N-dealkylation sites (N-methyl/N-ethyl adjacent to an activating group) is 1. The maximum Gasteiger partial charge on any atom is 0.335 e. The van der Waals surface area contributed by atoms with Crippen LogP contribution in [-0.4, -0.2) is 36.2 Å². The highest BCUT2D eigenvalue weighted by atomic mass is 16.5. The van der Waals surface area contributed by atoms with E-state index in [0.717, 1.165) is 17.9 Å². The largest absolute Gasteiger partial charge is 0.492 e. The highest BCUT2D eigenvalue weighted by Gasteiger charge is 2.05. The van der Waals surface area contributed by atoms with Crippen LogP contribution < -0.4 is 4.74 Å². The molecule has 1 N–H and O–H groups in total. The molecule has 4 heteroatoms. The first-order chi connectivity index (χ1) is 10.5. The minimum Gasteiger partial charge on any atom is -0.492 e. The van der Waals surface area contributed by atoms with Crippen LogP contribution in [0, 0.1) is 6.92 Å². The van der Waals surface area contributed by atoms with Crippen molar-refractivity contribution >= 4 is 5.97 Å². The number of carbonyl (C=O) groups is 1. The molecule has 0 spiro atoms. The van der Waals surface area contributed by atoms with Gasteiger partial charge in [0.1, 0.15) is 12.4 Å². The quantitative estimate of drug-likeness (QED) is 0.853. The van der Waals surface area contributed by atoms with Crippen LogP contribution in [-0.2, 0) is 6.54 Å². The van der Waals surface area contributed by atoms with Crippen LogP contribution in [0.2, 0.25) is 0 Å². The Bertz CT molecular complexity index is 622. The van der Waals surface area contributed by atoms with Crippen LogP contribution in [0.5, 0.6) is 5.75 Å². The van der Waals surface area contributed by atoms with Crippen LogP contribution in [0.15, 0.2) is 48.5 Å². The Morgan fingerprint density at radius 2 is 1.91 bits per heavy atom. The van der Waals surface area contributed by atoms with Gasteiger partial charge in [-0.05, 0) is 43.8 Å². The lowest BCUT2D eigenvalue weighted by molar-refractivity contribution is 0.0696. The molecule has 0 unspecified atom stereocenters. The molecule has 0 aliphatic rings. The molecule has 0 saturated heterocycles. The number of hydrogen-bond acceptors (Lipinski definition) is 3. The summed E-state index contributed by atoms with van der Waals surface area (Å²) >= 11 is 0. The van der Waals surface area contributed by atoms with E-state index in [1.54, 1.807) is 18.2 Å². The predicted octanol–water partition coefficient (Wildman–Crippen LogP) is 3.20. The topological polar surface area (TPSA) is 49.8 Å². The molecule has 2 aromatic rings. The van der Waals surface area contributed by atoms with E-state index in [9.17, 15) is 4.79 Å². The molecule has 0 saturated carbocycles. The van der Waals surface area contributed by atoms with Crippen LogP contribution in [0.25, 0.3) is 0 Å². The minimum atomic E-state index is -0.896. The van der Waals surface area contributed by atoms with Gasteiger partial charge in [-0.1, -0.05) is 29.8 Å². The molecule has 0 aliphatic heterocycles. The van der Waals surface area contributed by atoms with Crippen LogP contribution in [0.4, 0.5) is 0 Å². The van der Waals surface area contributed by atoms with Gasteiger partial charge in [-0.3, -0.25) is 4.90 Å². The lowest BCUT2D eigenvalue weighted by Crippen LogP contribution is -2.24. The third-order valence-corrected chi connectivity index (χ3v) is 3.39. The van der Waals surface area contributed by atoms with Crippen molar-refractivity contribution in [2.45, 2.75) is 13.5 Å². The molecular weight excluding hydrogens is 278 g/mol. The lowest BCUT2D eigenvalue weighted by Gasteiger charge is -2.17. The summed E-state index contributed by atoms with van der Waals surface area (Å²) in [5, 5.41) is 9.00. The molecule has 4 nitrogen and oxygen atoms in total. The molecule has 0 fully saturated rings. The van der Waals surface area contributed by atoms with E-state index < -0.39 is 5.97 Å². The Morgan fingerprint density at radius 1 is 1.18 bits per heavy atom. The molecule has 0 amide bonds. The van der Waals surface area contributed by atoms with Crippen molar-refractivity contribution in [1.82, 2.24) is 4.90 Å². The Labute approximate surface area is 131 Å². The van der Waals surface area contributed by atoms with Gasteiger partial charge in [0.05, 0.1) is 5.56 Å². The monoisotopic (exact) mass is 299 g/mol. The third-order valence-electron chi connectivity index (χ3n) is 3.39. The van der Waals surface area contributed by atoms with Gasteiger partial charge in [-0.2, -0.15) is 0 Å². The maximum absolute atomic E-state index is 11.0. The summed E-state index contributed by atoms with van der Waals surface area (Å²) in [6.07, 6.45) is 0. The molecule has 2 rings (SSSR count). The fourth-order valence-corrected chi connectivity index (χ4v) is 2.15. The van der Waals surface area contributed by atoms with E-state index in [-0.39, 0.29) is 0 Å². The Hall–Kier alpha value is -2.33. The predicted molar refractivity (Wildman–Crippen MR) is 86.4 cm³/mol. The Balaban J connectivity index is 1.80. The first-order valence-electron chi connectivity index (χ1n) is 7.25. The van der Waals surface area contributed by atoms with Gasteiger partial charge in [0.2, 0.25) is 0 Å². The molecule has 22 heavy (non-hydrogen) atoms. The van der Waals surface area contributed by atoms with Gasteiger partial charge in [0.15, 0.2) is 0 Å². The van der Waals surface area contributed by atoms with E-state index >= 15 is 0 Å². The summed E-state index contributed by atoms with van der Waals surface area (Å²) in [7, 11) is 1.99. The highest BCUT2D eigenvalue weighted by Crippen LogP contribution is 2.12. The van der Waals surface area contributed by atoms with Crippen LogP contribution in [0.1, 0.15) is 21.5 Å². The smallest absolute Gasteiger partial charge is 0.335 e. The molecular formula is C18H21NO3. The number of aryl methyl sites for hydroxylation is 1. The van der Waals surface area contributed by atoms with Gasteiger partial charge < -0.3 is 9.84 Å². The number of ether oxygens (including phenoxy) is 1. The van der Waals surface area contributed by atoms with Gasteiger partial charge in [-0.15, -0.1) is 0 Å². The van der Waals surface area contributed by atoms with Crippen molar-refractivity contribution in [2.75, 3.05) is 20.2 Å². The van der Waals surface area contributed by atoms with E-state index in [0.29, 0.717) is 18.7 Å². The second kappa shape index (κ2) is 7.61. The first kappa shape index (κ1) is 16.0. The van der Waals surface area contributed by atoms with Crippen molar-refractivity contribution in [1.29, 1.82) is 0 Å². The fraction of sp³-hybridized carbons (Fsp3) is 0.278. The summed E-state index contributed by atoms with van der Waals surface area (Å²) in [6.45, 7) is 4.10. The summed E-state index contributed by atoms with van der Waals surface area (Å²) in [4.78, 5) is 13.1. The number of carboxylic acid groups (broad SMARTS) is 1. The molecule has 0 radical (unpaired) electrons. The summed E-state index contributed by atoms with van der Waals surface area (Å²) < 4.78 is 5.70. The van der Waals surface area contributed by atoms with Gasteiger partial charge in [0, 0.05) is 13.1 Å². The normalized spacial score (nSPS) is 10.7. The first-order valence-corrected chi connectivity index (χ1v) is 7.25. The van der Waals surface area contributed by atoms with E-state index in [4.69, 9.17) is 9.84 Å². The summed E-state index contributed by atoms with van der Waals surface area (Å²) in [5.74, 6) is -0.0286. The number of carboxylic acids is 1. The number of aromatic carboxylic acids is 1. The van der Waals surface area contributed by atoms with Crippen molar-refractivity contribution in [2.24, 2.45) is 0 Å². The van der Waals surface area contributed by atoms with Gasteiger partial charge >= 0.3 is 5.97 Å². The number of rotatable bonds is 7. The van der Waals surface area contributed by atoms with Gasteiger partial charge in [0.25, 0.3) is 0 Å². The van der Waals surface area contributed by atoms with Gasteiger partial charge in [-0.25, -0.2) is 4.79 Å². The zero-order valence-corrected chi connectivity index (χ0v) is 13.0. The Kier molecular flexibility index (Phi) is 5.55. The number of hydrogen-bond donors (Lipinski definition) is 1. The van der Waals surface area contributed by atoms with Crippen LogP contribution in [0.3, 0.4) is 0 Å². The average Bonchev–Trinajstić information content (AvgIpc) is 2.49. The zero-order valence-electron chi connectivity index (χ0n) is 13.0. The number of nitrogens with zero attached hydrogens (tertiary/aromatic N) is 1. The van der Waals surface area contributed by atoms with E-state index in [2.05, 4.69) is 4.90 Å². The standard InChI is InChI=1S/C18H21NO3/c1-14-6-8-17(9-7-14)22-11-10-19(2)13-15-4-3-5-16(12-15)18(20)21/h3-9,12H,10-11,13H2,1-2H3,(H,20,21). The third kappa shape index (κ3) is 4.90.